The topological polar surface area (TPSA) is 107 Å². The summed E-state index contributed by atoms with van der Waals surface area (Å²) in [5.41, 5.74) is 4.61. The first-order valence-electron chi connectivity index (χ1n) is 14.4. The molecule has 9 nitrogen and oxygen atoms in total. The molecule has 42 heavy (non-hydrogen) atoms. The second kappa shape index (κ2) is 10.5. The largest absolute Gasteiger partial charge is 0.496 e. The van der Waals surface area contributed by atoms with Gasteiger partial charge in [0, 0.05) is 42.7 Å². The molecule has 0 spiro atoms. The molecule has 1 aliphatic heterocycles. The molecule has 216 valence electrons. The van der Waals surface area contributed by atoms with E-state index in [1.54, 1.807) is 29.1 Å². The molecule has 1 amide bonds. The number of hydrogen-bond acceptors (Lipinski definition) is 7. The number of fused-ring (bicyclic) bond motifs is 2. The van der Waals surface area contributed by atoms with Crippen molar-refractivity contribution >= 4 is 28.4 Å². The fraction of sp³-hybridized carbons (Fsp3) is 0.394. The van der Waals surface area contributed by atoms with Crippen molar-refractivity contribution in [3.8, 4) is 16.9 Å². The average molecular weight is 566 g/mol. The Hall–Kier alpha value is -4.40. The summed E-state index contributed by atoms with van der Waals surface area (Å²) >= 11 is 0. The van der Waals surface area contributed by atoms with Crippen molar-refractivity contribution in [3.05, 3.63) is 71.4 Å². The molecule has 2 aromatic heterocycles. The fourth-order valence-corrected chi connectivity index (χ4v) is 6.56. The second-order valence-corrected chi connectivity index (χ2v) is 11.9. The number of ketones is 2. The third kappa shape index (κ3) is 4.86. The second-order valence-electron chi connectivity index (χ2n) is 11.9. The third-order valence-electron chi connectivity index (χ3n) is 8.90. The molecule has 6 rings (SSSR count). The maximum Gasteiger partial charge on any atom is 0.245 e. The van der Waals surface area contributed by atoms with E-state index in [1.807, 2.05) is 50.2 Å². The lowest BCUT2D eigenvalue weighted by molar-refractivity contribution is -0.139. The van der Waals surface area contributed by atoms with Crippen LogP contribution in [0.5, 0.6) is 5.75 Å². The van der Waals surface area contributed by atoms with Crippen LogP contribution in [0.4, 0.5) is 0 Å². The van der Waals surface area contributed by atoms with E-state index in [4.69, 9.17) is 4.74 Å². The summed E-state index contributed by atoms with van der Waals surface area (Å²) in [5.74, 6) is 1.19. The monoisotopic (exact) mass is 565 g/mol. The van der Waals surface area contributed by atoms with Crippen LogP contribution in [0, 0.1) is 19.3 Å². The normalized spacial score (nSPS) is 20.9. The zero-order valence-electron chi connectivity index (χ0n) is 24.7. The van der Waals surface area contributed by atoms with Gasteiger partial charge in [0.1, 0.15) is 23.8 Å². The van der Waals surface area contributed by atoms with Crippen LogP contribution in [0.1, 0.15) is 60.5 Å². The van der Waals surface area contributed by atoms with Crippen LogP contribution < -0.4 is 4.74 Å². The first kappa shape index (κ1) is 27.8. The number of aromatic nitrogens is 4. The molecule has 2 aliphatic rings. The summed E-state index contributed by atoms with van der Waals surface area (Å²) in [5, 5.41) is 5.31. The predicted octanol–water partition coefficient (Wildman–Crippen LogP) is 4.90. The van der Waals surface area contributed by atoms with Gasteiger partial charge in [-0.2, -0.15) is 5.10 Å². The minimum atomic E-state index is -0.459. The van der Waals surface area contributed by atoms with Gasteiger partial charge in [-0.1, -0.05) is 25.1 Å². The molecule has 3 atom stereocenters. The smallest absolute Gasteiger partial charge is 0.245 e. The molecule has 9 heteroatoms. The molecule has 4 aromatic rings. The van der Waals surface area contributed by atoms with Crippen molar-refractivity contribution in [3.63, 3.8) is 0 Å². The van der Waals surface area contributed by atoms with Crippen LogP contribution >= 0.6 is 0 Å². The minimum Gasteiger partial charge on any atom is -0.496 e. The van der Waals surface area contributed by atoms with Gasteiger partial charge in [0.25, 0.3) is 0 Å². The van der Waals surface area contributed by atoms with Crippen molar-refractivity contribution < 1.29 is 19.1 Å². The van der Waals surface area contributed by atoms with Crippen molar-refractivity contribution in [2.45, 2.75) is 72.0 Å². The summed E-state index contributed by atoms with van der Waals surface area (Å²) < 4.78 is 7.09. The fourth-order valence-electron chi connectivity index (χ4n) is 6.56. The third-order valence-corrected chi connectivity index (χ3v) is 8.90. The van der Waals surface area contributed by atoms with Gasteiger partial charge in [-0.25, -0.2) is 9.97 Å². The Morgan fingerprint density at radius 1 is 1.05 bits per heavy atom. The molecule has 2 aromatic carbocycles. The van der Waals surface area contributed by atoms with E-state index in [1.165, 1.54) is 6.92 Å². The number of nitrogens with zero attached hydrogens (tertiary/aromatic N) is 5. The predicted molar refractivity (Wildman–Crippen MR) is 158 cm³/mol. The summed E-state index contributed by atoms with van der Waals surface area (Å²) in [6.07, 6.45) is 5.98. The first-order chi connectivity index (χ1) is 20.1. The Morgan fingerprint density at radius 2 is 1.79 bits per heavy atom. The molecule has 2 fully saturated rings. The number of benzene rings is 2. The van der Waals surface area contributed by atoms with E-state index in [-0.39, 0.29) is 35.5 Å². The van der Waals surface area contributed by atoms with Crippen molar-refractivity contribution in [2.24, 2.45) is 5.41 Å². The highest BCUT2D eigenvalue weighted by Crippen LogP contribution is 2.59. The number of hydrogen-bond donors (Lipinski definition) is 0. The summed E-state index contributed by atoms with van der Waals surface area (Å²) in [7, 11) is 1.63. The SMILES string of the molecule is COc1ccccc1CCC(=O)[C@@H]1C[C@@]2(C)C[C@H]2N1C(=O)Cn1nc(C(C)=O)c2cc(-c3cnc(C)nc3)cc(C)c21. The molecule has 0 radical (unpaired) electrons. The number of para-hydroxylation sites is 1. The Kier molecular flexibility index (Phi) is 6.91. The van der Waals surface area contributed by atoms with Gasteiger partial charge < -0.3 is 9.64 Å². The molecule has 1 saturated heterocycles. The van der Waals surface area contributed by atoms with Crippen molar-refractivity contribution in [2.75, 3.05) is 7.11 Å². The summed E-state index contributed by atoms with van der Waals surface area (Å²) in [6, 6.07) is 11.2. The molecule has 0 bridgehead atoms. The van der Waals surface area contributed by atoms with E-state index in [2.05, 4.69) is 22.0 Å². The maximum atomic E-state index is 13.9. The Labute approximate surface area is 244 Å². The standard InChI is InChI=1S/C33H35N5O4/c1-19-12-23(24-16-34-21(3)35-17-24)13-25-31(20(2)39)36-37(32(19)25)18-30(41)38-26(14-33(4)15-29(33)38)27(40)11-10-22-8-6-7-9-28(22)42-5/h6-9,12-13,16-17,26,29H,10-11,14-15,18H2,1-5H3/t26-,29+,33-/m0/s1. The van der Waals surface area contributed by atoms with E-state index < -0.39 is 6.04 Å². The van der Waals surface area contributed by atoms with Gasteiger partial charge in [-0.3, -0.25) is 19.1 Å². The highest BCUT2D eigenvalue weighted by molar-refractivity contribution is 6.07. The number of likely N-dealkylation sites (tertiary alicyclic amines) is 1. The molecule has 3 heterocycles. The van der Waals surface area contributed by atoms with E-state index in [0.29, 0.717) is 36.2 Å². The molecule has 1 saturated carbocycles. The lowest BCUT2D eigenvalue weighted by Crippen LogP contribution is -2.44. The number of piperidine rings is 1. The zero-order chi connectivity index (χ0) is 29.8. The number of Topliss-reactive ketones (excluding diaryl/α,β-unsaturated/α-hetero) is 2. The number of methoxy groups -OCH3 is 1. The highest BCUT2D eigenvalue weighted by Gasteiger charge is 2.64. The van der Waals surface area contributed by atoms with Crippen LogP contribution in [0.15, 0.2) is 48.8 Å². The Morgan fingerprint density at radius 3 is 2.50 bits per heavy atom. The maximum absolute atomic E-state index is 13.9. The molecule has 0 unspecified atom stereocenters. The quantitative estimate of drug-likeness (QED) is 0.266. The van der Waals surface area contributed by atoms with Crippen molar-refractivity contribution in [1.82, 2.24) is 24.6 Å². The molecule has 0 N–H and O–H groups in total. The molecular weight excluding hydrogens is 530 g/mol. The van der Waals surface area contributed by atoms with Gasteiger partial charge in [-0.05, 0) is 73.4 Å². The number of ether oxygens (including phenoxy) is 1. The van der Waals surface area contributed by atoms with Crippen LogP contribution in [-0.2, 0) is 22.6 Å². The van der Waals surface area contributed by atoms with E-state index in [9.17, 15) is 14.4 Å². The van der Waals surface area contributed by atoms with Gasteiger partial charge in [0.05, 0.1) is 18.7 Å². The van der Waals surface area contributed by atoms with E-state index in [0.717, 1.165) is 39.9 Å². The first-order valence-corrected chi connectivity index (χ1v) is 14.4. The van der Waals surface area contributed by atoms with Gasteiger partial charge in [0.2, 0.25) is 5.91 Å². The lowest BCUT2D eigenvalue weighted by atomic mass is 9.95. The number of rotatable bonds is 9. The van der Waals surface area contributed by atoms with Crippen LogP contribution in [0.3, 0.4) is 0 Å². The van der Waals surface area contributed by atoms with Crippen LogP contribution in [-0.4, -0.2) is 61.3 Å². The van der Waals surface area contributed by atoms with Crippen LogP contribution in [0.25, 0.3) is 22.0 Å². The Bertz CT molecular complexity index is 1730. The van der Waals surface area contributed by atoms with Crippen LogP contribution in [0.2, 0.25) is 0 Å². The number of amides is 1. The molecule has 1 aliphatic carbocycles. The number of aryl methyl sites for hydroxylation is 3. The minimum absolute atomic E-state index is 0.0297. The summed E-state index contributed by atoms with van der Waals surface area (Å²) in [6.45, 7) is 7.38. The lowest BCUT2D eigenvalue weighted by Gasteiger charge is -2.27. The Balaban J connectivity index is 1.27. The summed E-state index contributed by atoms with van der Waals surface area (Å²) in [4.78, 5) is 50.5. The van der Waals surface area contributed by atoms with Gasteiger partial charge >= 0.3 is 0 Å². The number of carbonyl (C=O) groups excluding carboxylic acids is 3. The van der Waals surface area contributed by atoms with E-state index >= 15 is 0 Å². The van der Waals surface area contributed by atoms with Gasteiger partial charge in [0.15, 0.2) is 11.6 Å². The highest BCUT2D eigenvalue weighted by atomic mass is 16.5. The number of carbonyl (C=O) groups is 3. The van der Waals surface area contributed by atoms with Crippen molar-refractivity contribution in [1.29, 1.82) is 0 Å². The van der Waals surface area contributed by atoms with Gasteiger partial charge in [-0.15, -0.1) is 0 Å². The molecular formula is C33H35N5O4. The average Bonchev–Trinajstić information content (AvgIpc) is 3.32. The zero-order valence-corrected chi connectivity index (χ0v) is 24.7.